The minimum Gasteiger partial charge on any atom is -0.508 e. The molecule has 0 atom stereocenters. The van der Waals surface area contributed by atoms with Crippen molar-refractivity contribution in [2.45, 2.75) is 0 Å². The molecule has 1 amide bonds. The normalized spacial score (nSPS) is 10.4. The number of amides is 1. The number of nitrogens with zero attached hydrogens (tertiary/aromatic N) is 1. The first-order valence-corrected chi connectivity index (χ1v) is 6.62. The van der Waals surface area contributed by atoms with Crippen LogP contribution in [0.4, 0.5) is 0 Å². The molecular weight excluding hydrogens is 300 g/mol. The van der Waals surface area contributed by atoms with Gasteiger partial charge in [0.25, 0.3) is 5.91 Å². The summed E-state index contributed by atoms with van der Waals surface area (Å²) >= 11 is 0. The summed E-state index contributed by atoms with van der Waals surface area (Å²) < 4.78 is 5.00. The molecule has 0 fully saturated rings. The van der Waals surface area contributed by atoms with E-state index in [1.165, 1.54) is 30.5 Å². The third-order valence-corrected chi connectivity index (χ3v) is 2.75. The molecule has 0 aliphatic heterocycles. The standard InChI is InChI=1S/C16H14N2O5/c19-13-5-3-12(4-6-13)16(22)18-17-9-11-1-7-14(8-2-11)23-10-15(20)21/h1-9,19H,10H2,(H,18,22)(H,20,21)/b17-9+. The maximum Gasteiger partial charge on any atom is 0.341 e. The summed E-state index contributed by atoms with van der Waals surface area (Å²) in [6.45, 7) is -0.407. The van der Waals surface area contributed by atoms with Gasteiger partial charge in [-0.05, 0) is 54.1 Å². The topological polar surface area (TPSA) is 108 Å². The lowest BCUT2D eigenvalue weighted by atomic mass is 10.2. The predicted octanol–water partition coefficient (Wildman–Crippen LogP) is 1.62. The van der Waals surface area contributed by atoms with Crippen molar-refractivity contribution in [1.29, 1.82) is 0 Å². The quantitative estimate of drug-likeness (QED) is 0.554. The lowest BCUT2D eigenvalue weighted by Gasteiger charge is -2.03. The second-order valence-electron chi connectivity index (χ2n) is 4.50. The zero-order valence-corrected chi connectivity index (χ0v) is 12.0. The fraction of sp³-hybridized carbons (Fsp3) is 0.0625. The third kappa shape index (κ3) is 5.16. The number of carbonyl (C=O) groups is 2. The molecule has 3 N–H and O–H groups in total. The molecule has 0 spiro atoms. The molecule has 0 aliphatic rings. The highest BCUT2D eigenvalue weighted by atomic mass is 16.5. The Morgan fingerprint density at radius 2 is 1.74 bits per heavy atom. The number of rotatable bonds is 6. The van der Waals surface area contributed by atoms with E-state index in [0.717, 1.165) is 0 Å². The Morgan fingerprint density at radius 1 is 1.09 bits per heavy atom. The lowest BCUT2D eigenvalue weighted by Crippen LogP contribution is -2.17. The summed E-state index contributed by atoms with van der Waals surface area (Å²) in [7, 11) is 0. The van der Waals surface area contributed by atoms with Crippen molar-refractivity contribution in [3.63, 3.8) is 0 Å². The second-order valence-corrected chi connectivity index (χ2v) is 4.50. The highest BCUT2D eigenvalue weighted by Gasteiger charge is 2.03. The molecule has 2 aromatic rings. The van der Waals surface area contributed by atoms with Crippen LogP contribution in [0.5, 0.6) is 11.5 Å². The number of aliphatic carboxylic acids is 1. The Kier molecular flexibility index (Phi) is 5.30. The Labute approximate surface area is 131 Å². The van der Waals surface area contributed by atoms with Crippen LogP contribution in [-0.4, -0.2) is 34.9 Å². The van der Waals surface area contributed by atoms with Crippen LogP contribution < -0.4 is 10.2 Å². The number of carbonyl (C=O) groups excluding carboxylic acids is 1. The number of benzene rings is 2. The molecule has 2 rings (SSSR count). The van der Waals surface area contributed by atoms with Gasteiger partial charge in [-0.3, -0.25) is 4.79 Å². The summed E-state index contributed by atoms with van der Waals surface area (Å²) in [4.78, 5) is 22.1. The minimum absolute atomic E-state index is 0.0789. The molecule has 7 heteroatoms. The lowest BCUT2D eigenvalue weighted by molar-refractivity contribution is -0.139. The van der Waals surface area contributed by atoms with E-state index in [0.29, 0.717) is 16.9 Å². The van der Waals surface area contributed by atoms with E-state index in [1.54, 1.807) is 24.3 Å². The number of ether oxygens (including phenoxy) is 1. The van der Waals surface area contributed by atoms with Crippen LogP contribution in [-0.2, 0) is 4.79 Å². The van der Waals surface area contributed by atoms with Gasteiger partial charge in [-0.15, -0.1) is 0 Å². The zero-order chi connectivity index (χ0) is 16.7. The molecule has 7 nitrogen and oxygen atoms in total. The molecule has 0 aliphatic carbocycles. The number of aromatic hydroxyl groups is 1. The van der Waals surface area contributed by atoms with Crippen molar-refractivity contribution in [3.05, 3.63) is 59.7 Å². The molecular formula is C16H14N2O5. The number of hydrazone groups is 1. The van der Waals surface area contributed by atoms with Gasteiger partial charge < -0.3 is 14.9 Å². The molecule has 0 saturated heterocycles. The molecule has 118 valence electrons. The number of carboxylic acids is 1. The fourth-order valence-electron chi connectivity index (χ4n) is 1.64. The highest BCUT2D eigenvalue weighted by Crippen LogP contribution is 2.11. The Bertz CT molecular complexity index is 708. The van der Waals surface area contributed by atoms with Gasteiger partial charge >= 0.3 is 5.97 Å². The number of nitrogens with one attached hydrogen (secondary N) is 1. The molecule has 0 radical (unpaired) electrons. The monoisotopic (exact) mass is 314 g/mol. The Hall–Kier alpha value is -3.35. The van der Waals surface area contributed by atoms with Gasteiger partial charge in [0.2, 0.25) is 0 Å². The number of phenols is 1. The molecule has 23 heavy (non-hydrogen) atoms. The number of hydrogen-bond acceptors (Lipinski definition) is 5. The second kappa shape index (κ2) is 7.60. The van der Waals surface area contributed by atoms with Gasteiger partial charge in [-0.25, -0.2) is 10.2 Å². The van der Waals surface area contributed by atoms with Crippen LogP contribution in [0.15, 0.2) is 53.6 Å². The maximum absolute atomic E-state index is 11.8. The average molecular weight is 314 g/mol. The molecule has 0 unspecified atom stereocenters. The van der Waals surface area contributed by atoms with Crippen LogP contribution in [0.1, 0.15) is 15.9 Å². The van der Waals surface area contributed by atoms with E-state index < -0.39 is 18.5 Å². The zero-order valence-electron chi connectivity index (χ0n) is 12.0. The van der Waals surface area contributed by atoms with Crippen molar-refractivity contribution < 1.29 is 24.5 Å². The third-order valence-electron chi connectivity index (χ3n) is 2.75. The number of hydrogen-bond donors (Lipinski definition) is 3. The van der Waals surface area contributed by atoms with Crippen molar-refractivity contribution in [2.24, 2.45) is 5.10 Å². The molecule has 0 heterocycles. The van der Waals surface area contributed by atoms with Crippen LogP contribution in [0, 0.1) is 0 Å². The first-order chi connectivity index (χ1) is 11.0. The van der Waals surface area contributed by atoms with Gasteiger partial charge in [0.1, 0.15) is 11.5 Å². The van der Waals surface area contributed by atoms with Crippen molar-refractivity contribution >= 4 is 18.1 Å². The van der Waals surface area contributed by atoms with Crippen molar-refractivity contribution in [3.8, 4) is 11.5 Å². The van der Waals surface area contributed by atoms with Gasteiger partial charge in [0, 0.05) is 5.56 Å². The fourth-order valence-corrected chi connectivity index (χ4v) is 1.64. The van der Waals surface area contributed by atoms with Crippen LogP contribution in [0.2, 0.25) is 0 Å². The summed E-state index contributed by atoms with van der Waals surface area (Å²) in [6.07, 6.45) is 1.44. The van der Waals surface area contributed by atoms with E-state index in [1.807, 2.05) is 0 Å². The van der Waals surface area contributed by atoms with Gasteiger partial charge in [0.05, 0.1) is 6.21 Å². The van der Waals surface area contributed by atoms with Gasteiger partial charge in [-0.2, -0.15) is 5.10 Å². The SMILES string of the molecule is O=C(O)COc1ccc(/C=N/NC(=O)c2ccc(O)cc2)cc1. The van der Waals surface area contributed by atoms with E-state index >= 15 is 0 Å². The van der Waals surface area contributed by atoms with Gasteiger partial charge in [0.15, 0.2) is 6.61 Å². The summed E-state index contributed by atoms with van der Waals surface area (Å²) in [6, 6.07) is 12.3. The van der Waals surface area contributed by atoms with Crippen LogP contribution in [0.25, 0.3) is 0 Å². The average Bonchev–Trinajstić information content (AvgIpc) is 2.54. The first-order valence-electron chi connectivity index (χ1n) is 6.62. The van der Waals surface area contributed by atoms with Crippen molar-refractivity contribution in [1.82, 2.24) is 5.43 Å². The molecule has 0 aromatic heterocycles. The Morgan fingerprint density at radius 3 is 2.35 bits per heavy atom. The number of carboxylic acid groups (broad SMARTS) is 1. The first kappa shape index (κ1) is 16.0. The predicted molar refractivity (Wildman–Crippen MR) is 82.7 cm³/mol. The van der Waals surface area contributed by atoms with Gasteiger partial charge in [-0.1, -0.05) is 0 Å². The van der Waals surface area contributed by atoms with E-state index in [9.17, 15) is 9.59 Å². The Balaban J connectivity index is 1.88. The van der Waals surface area contributed by atoms with E-state index in [2.05, 4.69) is 10.5 Å². The van der Waals surface area contributed by atoms with Crippen LogP contribution in [0.3, 0.4) is 0 Å². The number of phenolic OH excluding ortho intramolecular Hbond substituents is 1. The van der Waals surface area contributed by atoms with E-state index in [4.69, 9.17) is 14.9 Å². The van der Waals surface area contributed by atoms with E-state index in [-0.39, 0.29) is 5.75 Å². The summed E-state index contributed by atoms with van der Waals surface area (Å²) in [5, 5.41) is 21.5. The molecule has 0 bridgehead atoms. The maximum atomic E-state index is 11.8. The molecule has 0 saturated carbocycles. The van der Waals surface area contributed by atoms with Crippen LogP contribution >= 0.6 is 0 Å². The smallest absolute Gasteiger partial charge is 0.341 e. The largest absolute Gasteiger partial charge is 0.508 e. The summed E-state index contributed by atoms with van der Waals surface area (Å²) in [5.74, 6) is -0.941. The highest BCUT2D eigenvalue weighted by molar-refractivity contribution is 5.94. The van der Waals surface area contributed by atoms with Crippen molar-refractivity contribution in [2.75, 3.05) is 6.61 Å². The molecule has 2 aromatic carbocycles. The summed E-state index contributed by atoms with van der Waals surface area (Å²) in [5.41, 5.74) is 3.44. The minimum atomic E-state index is -1.05.